The molecule has 1 aromatic carbocycles. The number of thiophene rings is 1. The van der Waals surface area contributed by atoms with Gasteiger partial charge in [-0.2, -0.15) is 0 Å². The lowest BCUT2D eigenvalue weighted by atomic mass is 10.0. The molecule has 0 aliphatic rings. The Morgan fingerprint density at radius 1 is 1.31 bits per heavy atom. The molecule has 154 valence electrons. The summed E-state index contributed by atoms with van der Waals surface area (Å²) < 4.78 is 7.04. The van der Waals surface area contributed by atoms with E-state index in [9.17, 15) is 9.59 Å². The van der Waals surface area contributed by atoms with Gasteiger partial charge in [0.15, 0.2) is 0 Å². The Balaban J connectivity index is 2.23. The van der Waals surface area contributed by atoms with Crippen molar-refractivity contribution in [1.29, 1.82) is 0 Å². The van der Waals surface area contributed by atoms with E-state index in [1.165, 1.54) is 0 Å². The fraction of sp³-hybridized carbons (Fsp3) is 0.409. The smallest absolute Gasteiger partial charge is 0.303 e. The molecule has 6 nitrogen and oxygen atoms in total. The normalized spacial score (nSPS) is 11.1. The highest BCUT2D eigenvalue weighted by Gasteiger charge is 2.21. The molecule has 3 rings (SSSR count). The Kier molecular flexibility index (Phi) is 6.69. The van der Waals surface area contributed by atoms with Crippen LogP contribution in [0.5, 0.6) is 5.75 Å². The Morgan fingerprint density at radius 2 is 2.10 bits per heavy atom. The molecule has 7 heteroatoms. The molecule has 2 heterocycles. The molecule has 0 radical (unpaired) electrons. The highest BCUT2D eigenvalue weighted by atomic mass is 32.1. The Labute approximate surface area is 173 Å². The molecular formula is C22H26N2O4S. The highest BCUT2D eigenvalue weighted by molar-refractivity contribution is 7.19. The molecule has 0 unspecified atom stereocenters. The van der Waals surface area contributed by atoms with E-state index in [2.05, 4.69) is 6.92 Å². The summed E-state index contributed by atoms with van der Waals surface area (Å²) in [7, 11) is 1.62. The van der Waals surface area contributed by atoms with Crippen LogP contribution >= 0.6 is 11.3 Å². The van der Waals surface area contributed by atoms with Crippen LogP contribution in [0, 0.1) is 0 Å². The number of carbonyl (C=O) groups is 1. The van der Waals surface area contributed by atoms with E-state index in [1.54, 1.807) is 23.0 Å². The number of fused-ring (bicyclic) bond motifs is 1. The first-order chi connectivity index (χ1) is 14.0. The van der Waals surface area contributed by atoms with Gasteiger partial charge >= 0.3 is 5.97 Å². The molecule has 0 fully saturated rings. The van der Waals surface area contributed by atoms with E-state index in [0.29, 0.717) is 24.8 Å². The van der Waals surface area contributed by atoms with E-state index in [-0.39, 0.29) is 12.0 Å². The number of aliphatic carboxylic acids is 1. The van der Waals surface area contributed by atoms with Gasteiger partial charge in [0.1, 0.15) is 16.4 Å². The quantitative estimate of drug-likeness (QED) is 0.557. The molecule has 0 amide bonds. The topological polar surface area (TPSA) is 81.4 Å². The van der Waals surface area contributed by atoms with Gasteiger partial charge in [-0.3, -0.25) is 14.2 Å². The zero-order chi connectivity index (χ0) is 21.0. The summed E-state index contributed by atoms with van der Waals surface area (Å²) in [4.78, 5) is 31.1. The van der Waals surface area contributed by atoms with Gasteiger partial charge in [-0.05, 0) is 37.0 Å². The third-order valence-electron chi connectivity index (χ3n) is 4.89. The van der Waals surface area contributed by atoms with Crippen molar-refractivity contribution >= 4 is 27.5 Å². The summed E-state index contributed by atoms with van der Waals surface area (Å²) >= 11 is 1.56. The van der Waals surface area contributed by atoms with Gasteiger partial charge in [-0.25, -0.2) is 4.98 Å². The number of rotatable bonds is 9. The number of aryl methyl sites for hydroxylation is 2. The average Bonchev–Trinajstić information content (AvgIpc) is 3.09. The van der Waals surface area contributed by atoms with Crippen molar-refractivity contribution in [2.45, 2.75) is 52.5 Å². The first-order valence-corrected chi connectivity index (χ1v) is 10.7. The summed E-state index contributed by atoms with van der Waals surface area (Å²) in [6.07, 6.45) is 2.79. The SMILES string of the molecule is CCCc1nc2sc(CC)c(-c3cccc(OC)c3)c2c(=O)n1CCCC(=O)O. The van der Waals surface area contributed by atoms with Crippen molar-refractivity contribution in [3.63, 3.8) is 0 Å². The molecular weight excluding hydrogens is 388 g/mol. The van der Waals surface area contributed by atoms with Gasteiger partial charge in [0.05, 0.1) is 12.5 Å². The van der Waals surface area contributed by atoms with E-state index >= 15 is 0 Å². The Bertz CT molecular complexity index is 1080. The van der Waals surface area contributed by atoms with E-state index in [4.69, 9.17) is 14.8 Å². The number of hydrogen-bond donors (Lipinski definition) is 1. The van der Waals surface area contributed by atoms with Crippen molar-refractivity contribution < 1.29 is 14.6 Å². The van der Waals surface area contributed by atoms with Crippen LogP contribution in [0.3, 0.4) is 0 Å². The molecule has 0 bridgehead atoms. The highest BCUT2D eigenvalue weighted by Crippen LogP contribution is 2.38. The number of ether oxygens (including phenoxy) is 1. The maximum Gasteiger partial charge on any atom is 0.303 e. The van der Waals surface area contributed by atoms with Gasteiger partial charge < -0.3 is 9.84 Å². The van der Waals surface area contributed by atoms with Crippen molar-refractivity contribution in [3.05, 3.63) is 45.3 Å². The van der Waals surface area contributed by atoms with Crippen LogP contribution in [-0.4, -0.2) is 27.7 Å². The number of hydrogen-bond acceptors (Lipinski definition) is 5. The van der Waals surface area contributed by atoms with E-state index in [1.807, 2.05) is 31.2 Å². The van der Waals surface area contributed by atoms with Crippen LogP contribution in [0.25, 0.3) is 21.3 Å². The number of benzene rings is 1. The lowest BCUT2D eigenvalue weighted by molar-refractivity contribution is -0.137. The number of methoxy groups -OCH3 is 1. The standard InChI is InChI=1S/C22H26N2O4S/c1-4-8-17-23-21-20(22(27)24(17)12-7-11-18(25)26)19(16(5-2)29-21)14-9-6-10-15(13-14)28-3/h6,9-10,13H,4-5,7-8,11-12H2,1-3H3,(H,25,26). The molecule has 0 saturated carbocycles. The van der Waals surface area contributed by atoms with Gasteiger partial charge in [0.2, 0.25) is 0 Å². The molecule has 0 atom stereocenters. The van der Waals surface area contributed by atoms with Crippen molar-refractivity contribution in [2.75, 3.05) is 7.11 Å². The maximum absolute atomic E-state index is 13.5. The predicted octanol–water partition coefficient (Wildman–Crippen LogP) is 4.51. The first-order valence-electron chi connectivity index (χ1n) is 9.91. The minimum Gasteiger partial charge on any atom is -0.497 e. The van der Waals surface area contributed by atoms with Crippen LogP contribution in [0.1, 0.15) is 43.8 Å². The number of carboxylic acid groups (broad SMARTS) is 1. The van der Waals surface area contributed by atoms with Crippen LogP contribution in [-0.2, 0) is 24.2 Å². The molecule has 3 aromatic rings. The zero-order valence-electron chi connectivity index (χ0n) is 17.0. The van der Waals surface area contributed by atoms with Gasteiger partial charge in [0.25, 0.3) is 5.56 Å². The van der Waals surface area contributed by atoms with Gasteiger partial charge in [-0.15, -0.1) is 11.3 Å². The average molecular weight is 415 g/mol. The summed E-state index contributed by atoms with van der Waals surface area (Å²) in [5, 5.41) is 9.59. The molecule has 0 aliphatic heterocycles. The lowest BCUT2D eigenvalue weighted by Crippen LogP contribution is -2.25. The summed E-state index contributed by atoms with van der Waals surface area (Å²) in [5.41, 5.74) is 1.77. The lowest BCUT2D eigenvalue weighted by Gasteiger charge is -2.12. The second kappa shape index (κ2) is 9.22. The molecule has 2 aromatic heterocycles. The summed E-state index contributed by atoms with van der Waals surface area (Å²) in [6, 6.07) is 7.72. The number of carboxylic acids is 1. The monoisotopic (exact) mass is 414 g/mol. The Hall–Kier alpha value is -2.67. The van der Waals surface area contributed by atoms with Crippen molar-refractivity contribution in [2.24, 2.45) is 0 Å². The molecule has 0 saturated heterocycles. The summed E-state index contributed by atoms with van der Waals surface area (Å²) in [6.45, 7) is 4.48. The third-order valence-corrected chi connectivity index (χ3v) is 6.12. The summed E-state index contributed by atoms with van der Waals surface area (Å²) in [5.74, 6) is 0.614. The van der Waals surface area contributed by atoms with Crippen LogP contribution in [0.15, 0.2) is 29.1 Å². The fourth-order valence-electron chi connectivity index (χ4n) is 3.54. The Morgan fingerprint density at radius 3 is 2.76 bits per heavy atom. The second-order valence-electron chi connectivity index (χ2n) is 6.90. The molecule has 0 aliphatic carbocycles. The largest absolute Gasteiger partial charge is 0.497 e. The minimum atomic E-state index is -0.856. The minimum absolute atomic E-state index is 0.0304. The fourth-order valence-corrected chi connectivity index (χ4v) is 4.68. The van der Waals surface area contributed by atoms with Crippen molar-refractivity contribution in [3.8, 4) is 16.9 Å². The molecule has 1 N–H and O–H groups in total. The second-order valence-corrected chi connectivity index (χ2v) is 7.98. The van der Waals surface area contributed by atoms with E-state index in [0.717, 1.165) is 45.3 Å². The van der Waals surface area contributed by atoms with Crippen LogP contribution in [0.4, 0.5) is 0 Å². The van der Waals surface area contributed by atoms with Crippen LogP contribution in [0.2, 0.25) is 0 Å². The van der Waals surface area contributed by atoms with E-state index < -0.39 is 5.97 Å². The third kappa shape index (κ3) is 4.34. The first kappa shape index (κ1) is 21.0. The van der Waals surface area contributed by atoms with Gasteiger partial charge in [0, 0.05) is 29.8 Å². The maximum atomic E-state index is 13.5. The molecule has 29 heavy (non-hydrogen) atoms. The molecule has 0 spiro atoms. The van der Waals surface area contributed by atoms with Gasteiger partial charge in [-0.1, -0.05) is 26.0 Å². The number of nitrogens with zero attached hydrogens (tertiary/aromatic N) is 2. The van der Waals surface area contributed by atoms with Crippen molar-refractivity contribution in [1.82, 2.24) is 9.55 Å². The zero-order valence-corrected chi connectivity index (χ0v) is 17.8. The number of aromatic nitrogens is 2. The predicted molar refractivity (Wildman–Crippen MR) is 116 cm³/mol. The van der Waals surface area contributed by atoms with Crippen LogP contribution < -0.4 is 10.3 Å².